The summed E-state index contributed by atoms with van der Waals surface area (Å²) in [6.07, 6.45) is 1.63. The van der Waals surface area contributed by atoms with Crippen molar-refractivity contribution in [1.29, 1.82) is 0 Å². The molecule has 0 saturated carbocycles. The molecule has 7 nitrogen and oxygen atoms in total. The lowest BCUT2D eigenvalue weighted by atomic mass is 10.1. The maximum atomic E-state index is 14.6. The fraction of sp³-hybridized carbons (Fsp3) is 0.286. The number of rotatable bonds is 12. The van der Waals surface area contributed by atoms with Crippen molar-refractivity contribution in [1.82, 2.24) is 10.2 Å². The van der Waals surface area contributed by atoms with E-state index in [4.69, 9.17) is 11.6 Å². The molecule has 0 aromatic heterocycles. The molecule has 0 aliphatic carbocycles. The molecule has 10 heteroatoms. The van der Waals surface area contributed by atoms with Gasteiger partial charge in [-0.3, -0.25) is 13.9 Å². The van der Waals surface area contributed by atoms with Crippen LogP contribution in [0.1, 0.15) is 32.3 Å². The number of halogens is 2. The number of hydrogen-bond donors (Lipinski definition) is 1. The van der Waals surface area contributed by atoms with Crippen LogP contribution in [-0.2, 0) is 26.2 Å². The van der Waals surface area contributed by atoms with Crippen LogP contribution in [0.25, 0.3) is 0 Å². The highest BCUT2D eigenvalue weighted by Crippen LogP contribution is 2.30. The molecule has 1 N–H and O–H groups in total. The van der Waals surface area contributed by atoms with Gasteiger partial charge in [0.1, 0.15) is 18.4 Å². The van der Waals surface area contributed by atoms with E-state index < -0.39 is 40.2 Å². The molecule has 0 aliphatic heterocycles. The van der Waals surface area contributed by atoms with Gasteiger partial charge in [-0.2, -0.15) is 0 Å². The molecule has 2 amide bonds. The summed E-state index contributed by atoms with van der Waals surface area (Å²) in [6.45, 7) is 3.07. The van der Waals surface area contributed by atoms with Crippen LogP contribution < -0.4 is 9.62 Å². The van der Waals surface area contributed by atoms with Crippen molar-refractivity contribution in [3.63, 3.8) is 0 Å². The van der Waals surface area contributed by atoms with Crippen LogP contribution in [0.3, 0.4) is 0 Å². The lowest BCUT2D eigenvalue weighted by Gasteiger charge is -2.32. The van der Waals surface area contributed by atoms with Crippen LogP contribution in [0.5, 0.6) is 0 Å². The van der Waals surface area contributed by atoms with E-state index in [-0.39, 0.29) is 27.7 Å². The molecule has 0 saturated heterocycles. The second-order valence-corrected chi connectivity index (χ2v) is 11.0. The SMILES string of the molecule is CCCCNC(=O)C(C)N(Cc1ccccc1F)C(=O)CN(c1ccccc1Cl)S(=O)(=O)c1ccccc1. The second kappa shape index (κ2) is 13.4. The van der Waals surface area contributed by atoms with E-state index in [2.05, 4.69) is 5.32 Å². The van der Waals surface area contributed by atoms with Gasteiger partial charge in [0.25, 0.3) is 10.0 Å². The predicted molar refractivity (Wildman–Crippen MR) is 147 cm³/mol. The number of amides is 2. The molecule has 1 unspecified atom stereocenters. The number of hydrogen-bond acceptors (Lipinski definition) is 4. The molecule has 38 heavy (non-hydrogen) atoms. The van der Waals surface area contributed by atoms with Gasteiger partial charge in [0.05, 0.1) is 15.6 Å². The minimum Gasteiger partial charge on any atom is -0.354 e. The number of sulfonamides is 1. The number of unbranched alkanes of at least 4 members (excludes halogenated alkanes) is 1. The second-order valence-electron chi connectivity index (χ2n) is 8.71. The first kappa shape index (κ1) is 29.1. The third kappa shape index (κ3) is 7.11. The molecule has 0 heterocycles. The summed E-state index contributed by atoms with van der Waals surface area (Å²) < 4.78 is 42.9. The largest absolute Gasteiger partial charge is 0.354 e. The summed E-state index contributed by atoms with van der Waals surface area (Å²) in [5.74, 6) is -1.65. The minimum absolute atomic E-state index is 0.0290. The van der Waals surface area contributed by atoms with Crippen molar-refractivity contribution in [3.8, 4) is 0 Å². The predicted octanol–water partition coefficient (Wildman–Crippen LogP) is 5.01. The summed E-state index contributed by atoms with van der Waals surface area (Å²) in [4.78, 5) is 27.9. The van der Waals surface area contributed by atoms with Gasteiger partial charge in [-0.1, -0.05) is 73.5 Å². The first-order valence-corrected chi connectivity index (χ1v) is 14.1. The molecule has 1 atom stereocenters. The average Bonchev–Trinajstić information content (AvgIpc) is 2.91. The van der Waals surface area contributed by atoms with Crippen molar-refractivity contribution in [2.75, 3.05) is 17.4 Å². The van der Waals surface area contributed by atoms with Crippen molar-refractivity contribution < 1.29 is 22.4 Å². The molecule has 0 radical (unpaired) electrons. The van der Waals surface area contributed by atoms with Crippen molar-refractivity contribution >= 4 is 39.1 Å². The van der Waals surface area contributed by atoms with Gasteiger partial charge in [0, 0.05) is 18.7 Å². The van der Waals surface area contributed by atoms with Gasteiger partial charge in [0.2, 0.25) is 11.8 Å². The van der Waals surface area contributed by atoms with E-state index in [9.17, 15) is 22.4 Å². The van der Waals surface area contributed by atoms with E-state index in [0.717, 1.165) is 17.1 Å². The van der Waals surface area contributed by atoms with Crippen LogP contribution in [-0.4, -0.2) is 44.3 Å². The van der Waals surface area contributed by atoms with Crippen LogP contribution in [0.2, 0.25) is 5.02 Å². The molecular weight excluding hydrogens is 529 g/mol. The zero-order chi connectivity index (χ0) is 27.7. The summed E-state index contributed by atoms with van der Waals surface area (Å²) >= 11 is 6.37. The van der Waals surface area contributed by atoms with Crippen LogP contribution >= 0.6 is 11.6 Å². The fourth-order valence-electron chi connectivity index (χ4n) is 3.82. The Labute approximate surface area is 228 Å². The molecule has 3 rings (SSSR count). The van der Waals surface area contributed by atoms with Crippen LogP contribution in [0, 0.1) is 5.82 Å². The summed E-state index contributed by atoms with van der Waals surface area (Å²) in [6, 6.07) is 18.9. The molecule has 0 spiro atoms. The van der Waals surface area contributed by atoms with Gasteiger partial charge in [-0.05, 0) is 43.7 Å². The Morgan fingerprint density at radius 3 is 2.26 bits per heavy atom. The molecule has 202 valence electrons. The molecule has 0 bridgehead atoms. The molecule has 0 aliphatic rings. The normalized spacial score (nSPS) is 12.0. The number of benzene rings is 3. The Bertz CT molecular complexity index is 1350. The standard InChI is InChI=1S/C28H31ClFN3O4S/c1-3-4-18-31-28(35)21(2)32(19-22-12-8-10-16-25(22)30)27(34)20-33(26-17-11-9-15-24(26)29)38(36,37)23-13-6-5-7-14-23/h5-17,21H,3-4,18-20H2,1-2H3,(H,31,35). The average molecular weight is 560 g/mol. The topological polar surface area (TPSA) is 86.8 Å². The number of carbonyl (C=O) groups excluding carboxylic acids is 2. The summed E-state index contributed by atoms with van der Waals surface area (Å²) in [7, 11) is -4.22. The molecule has 3 aromatic carbocycles. The number of anilines is 1. The summed E-state index contributed by atoms with van der Waals surface area (Å²) in [5.41, 5.74) is 0.307. The Kier molecular flexibility index (Phi) is 10.3. The lowest BCUT2D eigenvalue weighted by molar-refractivity contribution is -0.139. The van der Waals surface area contributed by atoms with E-state index in [1.165, 1.54) is 54.3 Å². The number of nitrogens with one attached hydrogen (secondary N) is 1. The number of para-hydroxylation sites is 1. The van der Waals surface area contributed by atoms with E-state index in [0.29, 0.717) is 6.54 Å². The highest BCUT2D eigenvalue weighted by Gasteiger charge is 2.33. The fourth-order valence-corrected chi connectivity index (χ4v) is 5.56. The maximum absolute atomic E-state index is 14.6. The lowest BCUT2D eigenvalue weighted by Crippen LogP contribution is -2.51. The molecule has 3 aromatic rings. The van der Waals surface area contributed by atoms with Crippen LogP contribution in [0.4, 0.5) is 10.1 Å². The maximum Gasteiger partial charge on any atom is 0.264 e. The first-order chi connectivity index (χ1) is 18.2. The number of nitrogens with zero attached hydrogens (tertiary/aromatic N) is 2. The Morgan fingerprint density at radius 1 is 0.974 bits per heavy atom. The van der Waals surface area contributed by atoms with Crippen molar-refractivity contribution in [3.05, 3.63) is 95.3 Å². The van der Waals surface area contributed by atoms with E-state index in [1.807, 2.05) is 6.92 Å². The number of carbonyl (C=O) groups is 2. The van der Waals surface area contributed by atoms with E-state index in [1.54, 1.807) is 36.4 Å². The summed E-state index contributed by atoms with van der Waals surface area (Å²) in [5, 5.41) is 2.92. The molecular formula is C28H31ClFN3O4S. The third-order valence-corrected chi connectivity index (χ3v) is 8.12. The van der Waals surface area contributed by atoms with Gasteiger partial charge < -0.3 is 10.2 Å². The Balaban J connectivity index is 2.01. The quantitative estimate of drug-likeness (QED) is 0.316. The van der Waals surface area contributed by atoms with Gasteiger partial charge in [-0.25, -0.2) is 12.8 Å². The van der Waals surface area contributed by atoms with Gasteiger partial charge in [0.15, 0.2) is 0 Å². The smallest absolute Gasteiger partial charge is 0.264 e. The van der Waals surface area contributed by atoms with E-state index >= 15 is 0 Å². The molecule has 0 fully saturated rings. The Hall–Kier alpha value is -3.43. The van der Waals surface area contributed by atoms with Crippen LogP contribution in [0.15, 0.2) is 83.8 Å². The zero-order valence-electron chi connectivity index (χ0n) is 21.3. The third-order valence-electron chi connectivity index (χ3n) is 6.03. The van der Waals surface area contributed by atoms with Gasteiger partial charge in [-0.15, -0.1) is 0 Å². The monoisotopic (exact) mass is 559 g/mol. The zero-order valence-corrected chi connectivity index (χ0v) is 22.9. The highest BCUT2D eigenvalue weighted by atomic mass is 35.5. The van der Waals surface area contributed by atoms with Gasteiger partial charge >= 0.3 is 0 Å². The van der Waals surface area contributed by atoms with Crippen molar-refractivity contribution in [2.24, 2.45) is 0 Å². The highest BCUT2D eigenvalue weighted by molar-refractivity contribution is 7.92. The van der Waals surface area contributed by atoms with Crippen molar-refractivity contribution in [2.45, 2.75) is 44.2 Å². The minimum atomic E-state index is -4.22. The first-order valence-electron chi connectivity index (χ1n) is 12.3. The Morgan fingerprint density at radius 2 is 1.61 bits per heavy atom.